The van der Waals surface area contributed by atoms with Crippen molar-refractivity contribution in [3.63, 3.8) is 0 Å². The van der Waals surface area contributed by atoms with Gasteiger partial charge in [-0.1, -0.05) is 12.1 Å². The van der Waals surface area contributed by atoms with Gasteiger partial charge in [0.2, 0.25) is 0 Å². The second-order valence-corrected chi connectivity index (χ2v) is 5.81. The van der Waals surface area contributed by atoms with Gasteiger partial charge < -0.3 is 20.5 Å². The zero-order valence-electron chi connectivity index (χ0n) is 11.2. The number of hydrogen-bond acceptors (Lipinski definition) is 4. The fourth-order valence-electron chi connectivity index (χ4n) is 2.29. The summed E-state index contributed by atoms with van der Waals surface area (Å²) < 4.78 is 5.82. The van der Waals surface area contributed by atoms with Crippen molar-refractivity contribution in [1.82, 2.24) is 5.32 Å². The molecule has 2 aromatic carbocycles. The van der Waals surface area contributed by atoms with Crippen LogP contribution in [0, 0.1) is 3.57 Å². The number of fused-ring (bicyclic) bond motifs is 1. The summed E-state index contributed by atoms with van der Waals surface area (Å²) >= 11 is 2.03. The van der Waals surface area contributed by atoms with E-state index in [1.165, 1.54) is 7.11 Å². The van der Waals surface area contributed by atoms with Crippen LogP contribution in [0.4, 0.5) is 5.69 Å². The third-order valence-corrected chi connectivity index (χ3v) is 4.17. The molecule has 1 atom stereocenters. The highest BCUT2D eigenvalue weighted by molar-refractivity contribution is 14.1. The average molecular weight is 396 g/mol. The third-order valence-electron chi connectivity index (χ3n) is 3.35. The quantitative estimate of drug-likeness (QED) is 0.683. The standard InChI is InChI=1S/C15H13IN2O3/c1-21-12-7-8(6-10(16)13(12)19)14-17-11-5-3-2-4-9(11)15(20)18-14/h2-7,14,17,19H,1H3,(H,18,20)/t14-/m0/s1. The minimum Gasteiger partial charge on any atom is -0.504 e. The molecule has 0 spiro atoms. The predicted octanol–water partition coefficient (Wildman–Crippen LogP) is 2.86. The molecule has 0 saturated heterocycles. The number of ether oxygens (including phenoxy) is 1. The van der Waals surface area contributed by atoms with Crippen LogP contribution in [0.15, 0.2) is 36.4 Å². The second kappa shape index (κ2) is 5.44. The summed E-state index contributed by atoms with van der Waals surface area (Å²) in [4.78, 5) is 12.1. The van der Waals surface area contributed by atoms with E-state index in [-0.39, 0.29) is 17.8 Å². The number of anilines is 1. The number of benzene rings is 2. The first-order chi connectivity index (χ1) is 10.1. The molecule has 0 bridgehead atoms. The van der Waals surface area contributed by atoms with Crippen LogP contribution < -0.4 is 15.4 Å². The van der Waals surface area contributed by atoms with Gasteiger partial charge >= 0.3 is 0 Å². The molecule has 1 heterocycles. The maximum atomic E-state index is 12.1. The Hall–Kier alpha value is -1.96. The van der Waals surface area contributed by atoms with Crippen LogP contribution in [-0.2, 0) is 0 Å². The highest BCUT2D eigenvalue weighted by Crippen LogP contribution is 2.35. The number of hydrogen-bond donors (Lipinski definition) is 3. The molecule has 21 heavy (non-hydrogen) atoms. The van der Waals surface area contributed by atoms with Crippen molar-refractivity contribution in [2.24, 2.45) is 0 Å². The molecule has 2 aromatic rings. The fourth-order valence-corrected chi connectivity index (χ4v) is 2.92. The van der Waals surface area contributed by atoms with Crippen LogP contribution in [-0.4, -0.2) is 18.1 Å². The summed E-state index contributed by atoms with van der Waals surface area (Å²) in [6, 6.07) is 10.9. The maximum absolute atomic E-state index is 12.1. The maximum Gasteiger partial charge on any atom is 0.255 e. The highest BCUT2D eigenvalue weighted by Gasteiger charge is 2.25. The van der Waals surface area contributed by atoms with E-state index in [1.807, 2.05) is 46.9 Å². The molecule has 1 aliphatic rings. The van der Waals surface area contributed by atoms with E-state index in [0.717, 1.165) is 11.3 Å². The Labute approximate surface area is 135 Å². The van der Waals surface area contributed by atoms with Crippen molar-refractivity contribution in [2.75, 3.05) is 12.4 Å². The van der Waals surface area contributed by atoms with E-state index in [2.05, 4.69) is 10.6 Å². The van der Waals surface area contributed by atoms with Crippen LogP contribution in [0.3, 0.4) is 0 Å². The van der Waals surface area contributed by atoms with Gasteiger partial charge in [0.25, 0.3) is 5.91 Å². The summed E-state index contributed by atoms with van der Waals surface area (Å²) in [5.41, 5.74) is 2.22. The minimum absolute atomic E-state index is 0.101. The van der Waals surface area contributed by atoms with E-state index in [1.54, 1.807) is 12.1 Å². The van der Waals surface area contributed by atoms with Crippen LogP contribution >= 0.6 is 22.6 Å². The van der Waals surface area contributed by atoms with E-state index < -0.39 is 0 Å². The van der Waals surface area contributed by atoms with Gasteiger partial charge in [0.1, 0.15) is 6.17 Å². The van der Waals surface area contributed by atoms with Crippen molar-refractivity contribution in [2.45, 2.75) is 6.17 Å². The lowest BCUT2D eigenvalue weighted by Gasteiger charge is -2.28. The number of amides is 1. The first-order valence-corrected chi connectivity index (χ1v) is 7.41. The summed E-state index contributed by atoms with van der Waals surface area (Å²) in [7, 11) is 1.50. The molecular weight excluding hydrogens is 383 g/mol. The number of phenols is 1. The topological polar surface area (TPSA) is 70.6 Å². The van der Waals surface area contributed by atoms with Crippen molar-refractivity contribution < 1.29 is 14.6 Å². The Morgan fingerprint density at radius 2 is 2.00 bits per heavy atom. The molecule has 1 aliphatic heterocycles. The van der Waals surface area contributed by atoms with Gasteiger partial charge in [0.15, 0.2) is 11.5 Å². The van der Waals surface area contributed by atoms with Crippen LogP contribution in [0.1, 0.15) is 22.1 Å². The Morgan fingerprint density at radius 3 is 2.76 bits per heavy atom. The zero-order chi connectivity index (χ0) is 15.0. The second-order valence-electron chi connectivity index (χ2n) is 4.65. The lowest BCUT2D eigenvalue weighted by molar-refractivity contribution is 0.0935. The number of halogens is 1. The zero-order valence-corrected chi connectivity index (χ0v) is 13.3. The Morgan fingerprint density at radius 1 is 1.24 bits per heavy atom. The van der Waals surface area contributed by atoms with Gasteiger partial charge in [-0.05, 0) is 52.4 Å². The summed E-state index contributed by atoms with van der Waals surface area (Å²) in [6.07, 6.45) is -0.365. The SMILES string of the molecule is COc1cc([C@@H]2NC(=O)c3ccccc3N2)cc(I)c1O. The lowest BCUT2D eigenvalue weighted by atomic mass is 10.1. The van der Waals surface area contributed by atoms with E-state index in [4.69, 9.17) is 4.74 Å². The molecule has 0 fully saturated rings. The highest BCUT2D eigenvalue weighted by atomic mass is 127. The molecule has 0 aromatic heterocycles. The number of nitrogens with one attached hydrogen (secondary N) is 2. The van der Waals surface area contributed by atoms with Crippen LogP contribution in [0.5, 0.6) is 11.5 Å². The molecular formula is C15H13IN2O3. The largest absolute Gasteiger partial charge is 0.504 e. The van der Waals surface area contributed by atoms with Crippen molar-refractivity contribution in [3.05, 3.63) is 51.1 Å². The third kappa shape index (κ3) is 2.51. The Balaban J connectivity index is 2.00. The molecule has 6 heteroatoms. The van der Waals surface area contributed by atoms with Gasteiger partial charge in [-0.3, -0.25) is 4.79 Å². The number of aromatic hydroxyl groups is 1. The first-order valence-electron chi connectivity index (χ1n) is 6.33. The predicted molar refractivity (Wildman–Crippen MR) is 87.6 cm³/mol. The molecule has 108 valence electrons. The van der Waals surface area contributed by atoms with Crippen molar-refractivity contribution in [1.29, 1.82) is 0 Å². The number of methoxy groups -OCH3 is 1. The van der Waals surface area contributed by atoms with Gasteiger partial charge in [0.05, 0.1) is 16.2 Å². The van der Waals surface area contributed by atoms with Gasteiger partial charge in [-0.15, -0.1) is 0 Å². The van der Waals surface area contributed by atoms with Crippen LogP contribution in [0.2, 0.25) is 0 Å². The first kappa shape index (κ1) is 14.0. The number of carbonyl (C=O) groups excluding carboxylic acids is 1. The number of carbonyl (C=O) groups is 1. The molecule has 0 saturated carbocycles. The average Bonchev–Trinajstić information content (AvgIpc) is 2.50. The van der Waals surface area contributed by atoms with E-state index >= 15 is 0 Å². The number of rotatable bonds is 2. The van der Waals surface area contributed by atoms with Gasteiger partial charge in [-0.2, -0.15) is 0 Å². The molecule has 3 N–H and O–H groups in total. The van der Waals surface area contributed by atoms with Crippen molar-refractivity contribution in [3.8, 4) is 11.5 Å². The summed E-state index contributed by atoms with van der Waals surface area (Å²) in [5.74, 6) is 0.354. The number of phenolic OH excluding ortho intramolecular Hbond substituents is 1. The van der Waals surface area contributed by atoms with E-state index in [0.29, 0.717) is 14.9 Å². The Kier molecular flexibility index (Phi) is 3.62. The van der Waals surface area contributed by atoms with Crippen molar-refractivity contribution >= 4 is 34.2 Å². The smallest absolute Gasteiger partial charge is 0.255 e. The van der Waals surface area contributed by atoms with E-state index in [9.17, 15) is 9.90 Å². The molecule has 5 nitrogen and oxygen atoms in total. The summed E-state index contributed by atoms with van der Waals surface area (Å²) in [6.45, 7) is 0. The fraction of sp³-hybridized carbons (Fsp3) is 0.133. The molecule has 3 rings (SSSR count). The monoisotopic (exact) mass is 396 g/mol. The minimum atomic E-state index is -0.365. The molecule has 0 radical (unpaired) electrons. The Bertz CT molecular complexity index is 718. The lowest BCUT2D eigenvalue weighted by Crippen LogP contribution is -2.38. The molecule has 0 unspecified atom stereocenters. The number of para-hydroxylation sites is 1. The molecule has 0 aliphatic carbocycles. The molecule has 1 amide bonds. The van der Waals surface area contributed by atoms with Gasteiger partial charge in [-0.25, -0.2) is 0 Å². The normalized spacial score (nSPS) is 16.7. The van der Waals surface area contributed by atoms with Crippen LogP contribution in [0.25, 0.3) is 0 Å². The summed E-state index contributed by atoms with van der Waals surface area (Å²) in [5, 5.41) is 16.1. The van der Waals surface area contributed by atoms with Gasteiger partial charge in [0, 0.05) is 5.69 Å².